The monoisotopic (exact) mass is 241 g/mol. The third-order valence-corrected chi connectivity index (χ3v) is 2.29. The Morgan fingerprint density at radius 2 is 2.00 bits per heavy atom. The minimum atomic E-state index is -0.677. The van der Waals surface area contributed by atoms with E-state index in [0.717, 1.165) is 6.20 Å². The Bertz CT molecular complexity index is 617. The molecule has 0 spiro atoms. The van der Waals surface area contributed by atoms with Gasteiger partial charge in [0.2, 0.25) is 0 Å². The number of hydrogen-bond acceptors (Lipinski definition) is 3. The van der Waals surface area contributed by atoms with E-state index in [1.807, 2.05) is 6.07 Å². The summed E-state index contributed by atoms with van der Waals surface area (Å²) in [5, 5.41) is 11.2. The number of benzene rings is 1. The van der Waals surface area contributed by atoms with Crippen LogP contribution in [0, 0.1) is 17.1 Å². The summed E-state index contributed by atoms with van der Waals surface area (Å²) in [6.45, 7) is 0. The molecule has 0 fully saturated rings. The van der Waals surface area contributed by atoms with Crippen molar-refractivity contribution in [1.29, 1.82) is 5.26 Å². The molecule has 5 heteroatoms. The fourth-order valence-corrected chi connectivity index (χ4v) is 1.39. The summed E-state index contributed by atoms with van der Waals surface area (Å²) >= 11 is 0. The normalized spacial score (nSPS) is 9.56. The minimum Gasteiger partial charge on any atom is -0.322 e. The predicted molar refractivity (Wildman–Crippen MR) is 63.3 cm³/mol. The molecule has 1 aromatic heterocycles. The number of nitriles is 1. The average molecular weight is 241 g/mol. The molecule has 0 aliphatic rings. The van der Waals surface area contributed by atoms with E-state index in [1.165, 1.54) is 12.3 Å². The number of hydrogen-bond donors (Lipinski definition) is 1. The molecular weight excluding hydrogens is 233 g/mol. The second-order valence-electron chi connectivity index (χ2n) is 3.50. The molecule has 1 N–H and O–H groups in total. The number of anilines is 1. The van der Waals surface area contributed by atoms with Crippen LogP contribution >= 0.6 is 0 Å². The highest BCUT2D eigenvalue weighted by Gasteiger charge is 2.11. The largest absolute Gasteiger partial charge is 0.322 e. The summed E-state index contributed by atoms with van der Waals surface area (Å²) in [5.41, 5.74) is 0.910. The van der Waals surface area contributed by atoms with Crippen LogP contribution in [0.1, 0.15) is 15.9 Å². The summed E-state index contributed by atoms with van der Waals surface area (Å²) in [7, 11) is 0. The van der Waals surface area contributed by atoms with E-state index in [2.05, 4.69) is 10.3 Å². The first-order valence-corrected chi connectivity index (χ1v) is 5.12. The standard InChI is InChI=1S/C13H8FN3O/c14-12-8-16-6-5-11(12)13(18)17-10-3-1-9(7-15)2-4-10/h1-6,8H,(H,17,18). The maximum absolute atomic E-state index is 13.3. The number of rotatable bonds is 2. The second kappa shape index (κ2) is 5.06. The minimum absolute atomic E-state index is 0.0747. The summed E-state index contributed by atoms with van der Waals surface area (Å²) < 4.78 is 13.3. The van der Waals surface area contributed by atoms with Crippen LogP contribution in [0.15, 0.2) is 42.7 Å². The fourth-order valence-electron chi connectivity index (χ4n) is 1.39. The lowest BCUT2D eigenvalue weighted by atomic mass is 10.2. The van der Waals surface area contributed by atoms with Gasteiger partial charge in [-0.05, 0) is 30.3 Å². The van der Waals surface area contributed by atoms with Gasteiger partial charge in [0.15, 0.2) is 5.82 Å². The van der Waals surface area contributed by atoms with E-state index < -0.39 is 11.7 Å². The van der Waals surface area contributed by atoms with E-state index in [4.69, 9.17) is 5.26 Å². The van der Waals surface area contributed by atoms with Gasteiger partial charge in [-0.2, -0.15) is 5.26 Å². The van der Waals surface area contributed by atoms with Crippen LogP contribution in [0.2, 0.25) is 0 Å². The molecular formula is C13H8FN3O. The summed E-state index contributed by atoms with van der Waals surface area (Å²) in [6, 6.07) is 9.56. The van der Waals surface area contributed by atoms with Gasteiger partial charge < -0.3 is 5.32 Å². The third-order valence-electron chi connectivity index (χ3n) is 2.29. The number of pyridine rings is 1. The number of aromatic nitrogens is 1. The van der Waals surface area contributed by atoms with Gasteiger partial charge in [-0.25, -0.2) is 4.39 Å². The lowest BCUT2D eigenvalue weighted by molar-refractivity contribution is 0.102. The van der Waals surface area contributed by atoms with Gasteiger partial charge in [-0.15, -0.1) is 0 Å². The fraction of sp³-hybridized carbons (Fsp3) is 0. The van der Waals surface area contributed by atoms with Gasteiger partial charge in [0.25, 0.3) is 5.91 Å². The quantitative estimate of drug-likeness (QED) is 0.877. The van der Waals surface area contributed by atoms with Crippen molar-refractivity contribution in [3.8, 4) is 6.07 Å². The lowest BCUT2D eigenvalue weighted by Gasteiger charge is -2.05. The van der Waals surface area contributed by atoms with Crippen molar-refractivity contribution >= 4 is 11.6 Å². The Morgan fingerprint density at radius 3 is 2.61 bits per heavy atom. The smallest absolute Gasteiger partial charge is 0.258 e. The van der Waals surface area contributed by atoms with Crippen molar-refractivity contribution in [3.05, 3.63) is 59.7 Å². The molecule has 0 atom stereocenters. The first-order valence-electron chi connectivity index (χ1n) is 5.12. The van der Waals surface area contributed by atoms with Crippen LogP contribution in [0.5, 0.6) is 0 Å². The molecule has 2 aromatic rings. The third kappa shape index (κ3) is 2.50. The molecule has 2 rings (SSSR count). The van der Waals surface area contributed by atoms with Crippen LogP contribution in [0.3, 0.4) is 0 Å². The van der Waals surface area contributed by atoms with Gasteiger partial charge in [0.1, 0.15) is 0 Å². The van der Waals surface area contributed by atoms with E-state index >= 15 is 0 Å². The zero-order valence-electron chi connectivity index (χ0n) is 9.22. The molecule has 1 amide bonds. The Morgan fingerprint density at radius 1 is 1.28 bits per heavy atom. The Kier molecular flexibility index (Phi) is 3.30. The van der Waals surface area contributed by atoms with E-state index in [1.54, 1.807) is 24.3 Å². The molecule has 88 valence electrons. The summed E-state index contributed by atoms with van der Waals surface area (Å²) in [5.74, 6) is -1.23. The number of amides is 1. The number of carbonyl (C=O) groups excluding carboxylic acids is 1. The van der Waals surface area contributed by atoms with Crippen molar-refractivity contribution in [2.75, 3.05) is 5.32 Å². The Balaban J connectivity index is 2.17. The van der Waals surface area contributed by atoms with E-state index in [-0.39, 0.29) is 5.56 Å². The Labute approximate surface area is 103 Å². The SMILES string of the molecule is N#Cc1ccc(NC(=O)c2ccncc2F)cc1. The Hall–Kier alpha value is -2.74. The van der Waals surface area contributed by atoms with Crippen LogP contribution in [-0.4, -0.2) is 10.9 Å². The molecule has 4 nitrogen and oxygen atoms in total. The van der Waals surface area contributed by atoms with Gasteiger partial charge in [0.05, 0.1) is 23.4 Å². The number of halogens is 1. The van der Waals surface area contributed by atoms with Crippen molar-refractivity contribution in [2.45, 2.75) is 0 Å². The van der Waals surface area contributed by atoms with Crippen molar-refractivity contribution in [3.63, 3.8) is 0 Å². The van der Waals surface area contributed by atoms with Gasteiger partial charge in [-0.1, -0.05) is 0 Å². The summed E-state index contributed by atoms with van der Waals surface area (Å²) in [4.78, 5) is 15.3. The number of carbonyl (C=O) groups is 1. The molecule has 1 aromatic carbocycles. The summed E-state index contributed by atoms with van der Waals surface area (Å²) in [6.07, 6.45) is 2.32. The van der Waals surface area contributed by atoms with Crippen LogP contribution in [0.4, 0.5) is 10.1 Å². The molecule has 1 heterocycles. The highest BCUT2D eigenvalue weighted by atomic mass is 19.1. The maximum Gasteiger partial charge on any atom is 0.258 e. The predicted octanol–water partition coefficient (Wildman–Crippen LogP) is 2.34. The van der Waals surface area contributed by atoms with E-state index in [0.29, 0.717) is 11.3 Å². The van der Waals surface area contributed by atoms with Crippen molar-refractivity contribution in [1.82, 2.24) is 4.98 Å². The van der Waals surface area contributed by atoms with Crippen LogP contribution < -0.4 is 5.32 Å². The highest BCUT2D eigenvalue weighted by molar-refractivity contribution is 6.04. The first kappa shape index (κ1) is 11.7. The molecule has 0 bridgehead atoms. The molecule has 18 heavy (non-hydrogen) atoms. The van der Waals surface area contributed by atoms with Crippen molar-refractivity contribution in [2.24, 2.45) is 0 Å². The number of nitrogens with zero attached hydrogens (tertiary/aromatic N) is 2. The van der Waals surface area contributed by atoms with Gasteiger partial charge in [-0.3, -0.25) is 9.78 Å². The molecule has 0 saturated heterocycles. The van der Waals surface area contributed by atoms with Crippen LogP contribution in [-0.2, 0) is 0 Å². The van der Waals surface area contributed by atoms with Gasteiger partial charge in [0, 0.05) is 11.9 Å². The molecule has 0 radical (unpaired) electrons. The molecule has 0 unspecified atom stereocenters. The maximum atomic E-state index is 13.3. The zero-order chi connectivity index (χ0) is 13.0. The van der Waals surface area contributed by atoms with Crippen LogP contribution in [0.25, 0.3) is 0 Å². The highest BCUT2D eigenvalue weighted by Crippen LogP contribution is 2.12. The molecule has 0 aliphatic carbocycles. The topological polar surface area (TPSA) is 65.8 Å². The van der Waals surface area contributed by atoms with Gasteiger partial charge >= 0.3 is 0 Å². The van der Waals surface area contributed by atoms with E-state index in [9.17, 15) is 9.18 Å². The van der Waals surface area contributed by atoms with Crippen molar-refractivity contribution < 1.29 is 9.18 Å². The average Bonchev–Trinajstić information content (AvgIpc) is 2.40. The molecule has 0 saturated carbocycles. The number of nitrogens with one attached hydrogen (secondary N) is 1. The zero-order valence-corrected chi connectivity index (χ0v) is 9.22. The lowest BCUT2D eigenvalue weighted by Crippen LogP contribution is -2.13. The second-order valence-corrected chi connectivity index (χ2v) is 3.50. The first-order chi connectivity index (χ1) is 8.70. The molecule has 0 aliphatic heterocycles.